The molecule has 1 aromatic carbocycles. The fourth-order valence-electron chi connectivity index (χ4n) is 1.91. The molecule has 1 aromatic heterocycles. The second-order valence-electron chi connectivity index (χ2n) is 5.47. The summed E-state index contributed by atoms with van der Waals surface area (Å²) < 4.78 is 7.35. The zero-order chi connectivity index (χ0) is 16.8. The summed E-state index contributed by atoms with van der Waals surface area (Å²) in [6, 6.07) is 4.86. The molecule has 0 aliphatic rings. The summed E-state index contributed by atoms with van der Waals surface area (Å²) in [5, 5.41) is 3.31. The van der Waals surface area contributed by atoms with Gasteiger partial charge in [0.15, 0.2) is 0 Å². The van der Waals surface area contributed by atoms with Crippen LogP contribution >= 0.6 is 11.6 Å². The molecule has 0 spiro atoms. The van der Waals surface area contributed by atoms with E-state index < -0.39 is 0 Å². The average molecular weight is 337 g/mol. The van der Waals surface area contributed by atoms with E-state index in [4.69, 9.17) is 16.3 Å². The minimum Gasteiger partial charge on any atom is -0.491 e. The third-order valence-corrected chi connectivity index (χ3v) is 3.64. The third-order valence-electron chi connectivity index (χ3n) is 3.35. The predicted molar refractivity (Wildman–Crippen MR) is 91.1 cm³/mol. The first-order chi connectivity index (χ1) is 11.0. The normalized spacial score (nSPS) is 12.2. The van der Waals surface area contributed by atoms with E-state index >= 15 is 0 Å². The van der Waals surface area contributed by atoms with Crippen LogP contribution in [0.5, 0.6) is 5.75 Å². The second kappa shape index (κ2) is 7.99. The van der Waals surface area contributed by atoms with Gasteiger partial charge in [-0.05, 0) is 39.2 Å². The molecule has 124 valence electrons. The van der Waals surface area contributed by atoms with Gasteiger partial charge in [0.1, 0.15) is 18.4 Å². The van der Waals surface area contributed by atoms with Gasteiger partial charge in [0.25, 0.3) is 0 Å². The van der Waals surface area contributed by atoms with Crippen molar-refractivity contribution in [3.8, 4) is 5.75 Å². The smallest absolute Gasteiger partial charge is 0.247 e. The molecule has 0 aliphatic carbocycles. The molecule has 23 heavy (non-hydrogen) atoms. The lowest BCUT2D eigenvalue weighted by molar-refractivity contribution is -0.118. The number of hydrogen-bond donors (Lipinski definition) is 1. The molecule has 0 fully saturated rings. The van der Waals surface area contributed by atoms with Gasteiger partial charge < -0.3 is 19.5 Å². The quantitative estimate of drug-likeness (QED) is 0.844. The Kier molecular flexibility index (Phi) is 6.01. The van der Waals surface area contributed by atoms with Crippen LogP contribution in [0.4, 0.5) is 5.69 Å². The molecule has 1 amide bonds. The van der Waals surface area contributed by atoms with E-state index in [2.05, 4.69) is 10.3 Å². The average Bonchev–Trinajstić information content (AvgIpc) is 3.02. The van der Waals surface area contributed by atoms with E-state index in [1.165, 1.54) is 0 Å². The Morgan fingerprint density at radius 2 is 2.26 bits per heavy atom. The highest BCUT2D eigenvalue weighted by Crippen LogP contribution is 2.28. The Morgan fingerprint density at radius 1 is 1.48 bits per heavy atom. The van der Waals surface area contributed by atoms with Crippen molar-refractivity contribution in [3.63, 3.8) is 0 Å². The van der Waals surface area contributed by atoms with E-state index in [-0.39, 0.29) is 11.9 Å². The molecule has 1 atom stereocenters. The Bertz CT molecular complexity index is 644. The van der Waals surface area contributed by atoms with Gasteiger partial charge in [0.05, 0.1) is 11.3 Å². The number of nitrogens with one attached hydrogen (secondary N) is 1. The Hall–Kier alpha value is -2.05. The standard InChI is InChI=1S/C16H21ClN4O2/c1-12(21-7-6-18-11-21)16(22)19-13-4-5-15(14(17)10-13)23-9-8-20(2)3/h4-7,10-12H,8-9H2,1-3H3,(H,19,22). The first-order valence-electron chi connectivity index (χ1n) is 7.32. The van der Waals surface area contributed by atoms with E-state index in [1.807, 2.05) is 19.0 Å². The summed E-state index contributed by atoms with van der Waals surface area (Å²) in [4.78, 5) is 18.2. The van der Waals surface area contributed by atoms with Crippen molar-refractivity contribution in [2.45, 2.75) is 13.0 Å². The van der Waals surface area contributed by atoms with Crippen LogP contribution in [0, 0.1) is 0 Å². The molecular formula is C16H21ClN4O2. The number of ether oxygens (including phenoxy) is 1. The molecule has 7 heteroatoms. The van der Waals surface area contributed by atoms with Crippen molar-refractivity contribution >= 4 is 23.2 Å². The number of halogens is 1. The SMILES string of the molecule is CC(C(=O)Nc1ccc(OCCN(C)C)c(Cl)c1)n1ccnc1. The van der Waals surface area contributed by atoms with Gasteiger partial charge in [-0.25, -0.2) is 4.98 Å². The molecule has 0 bridgehead atoms. The van der Waals surface area contributed by atoms with Gasteiger partial charge in [-0.3, -0.25) is 4.79 Å². The summed E-state index contributed by atoms with van der Waals surface area (Å²) in [5.74, 6) is 0.467. The van der Waals surface area contributed by atoms with Crippen LogP contribution in [0.3, 0.4) is 0 Å². The molecular weight excluding hydrogens is 316 g/mol. The minimum atomic E-state index is -0.354. The van der Waals surface area contributed by atoms with E-state index in [0.717, 1.165) is 6.54 Å². The molecule has 2 aromatic rings. The van der Waals surface area contributed by atoms with Crippen molar-refractivity contribution in [1.29, 1.82) is 0 Å². The van der Waals surface area contributed by atoms with Crippen LogP contribution in [-0.2, 0) is 4.79 Å². The van der Waals surface area contributed by atoms with Crippen LogP contribution < -0.4 is 10.1 Å². The zero-order valence-electron chi connectivity index (χ0n) is 13.5. The van der Waals surface area contributed by atoms with Crippen molar-refractivity contribution in [2.75, 3.05) is 32.6 Å². The number of aromatic nitrogens is 2. The maximum Gasteiger partial charge on any atom is 0.247 e. The summed E-state index contributed by atoms with van der Waals surface area (Å²) in [6.07, 6.45) is 5.00. The Labute approximate surface area is 141 Å². The van der Waals surface area contributed by atoms with Crippen molar-refractivity contribution in [1.82, 2.24) is 14.5 Å². The lowest BCUT2D eigenvalue weighted by atomic mass is 10.2. The minimum absolute atomic E-state index is 0.139. The first kappa shape index (κ1) is 17.3. The fourth-order valence-corrected chi connectivity index (χ4v) is 2.15. The van der Waals surface area contributed by atoms with Crippen LogP contribution in [0.25, 0.3) is 0 Å². The lowest BCUT2D eigenvalue weighted by Gasteiger charge is -2.15. The molecule has 2 rings (SSSR count). The topological polar surface area (TPSA) is 59.4 Å². The molecule has 0 saturated heterocycles. The maximum absolute atomic E-state index is 12.2. The summed E-state index contributed by atoms with van der Waals surface area (Å²) in [6.45, 7) is 3.16. The van der Waals surface area contributed by atoms with E-state index in [9.17, 15) is 4.79 Å². The largest absolute Gasteiger partial charge is 0.491 e. The van der Waals surface area contributed by atoms with E-state index in [1.54, 1.807) is 48.4 Å². The summed E-state index contributed by atoms with van der Waals surface area (Å²) >= 11 is 6.20. The Balaban J connectivity index is 1.96. The molecule has 0 aliphatic heterocycles. The van der Waals surface area contributed by atoms with Gasteiger partial charge >= 0.3 is 0 Å². The summed E-state index contributed by atoms with van der Waals surface area (Å²) in [7, 11) is 3.95. The molecule has 1 unspecified atom stereocenters. The number of nitrogens with zero attached hydrogens (tertiary/aromatic N) is 3. The monoisotopic (exact) mass is 336 g/mol. The molecule has 0 radical (unpaired) electrons. The van der Waals surface area contributed by atoms with Crippen LogP contribution in [-0.4, -0.2) is 47.6 Å². The van der Waals surface area contributed by atoms with Gasteiger partial charge in [-0.1, -0.05) is 11.6 Å². The van der Waals surface area contributed by atoms with E-state index in [0.29, 0.717) is 23.1 Å². The highest BCUT2D eigenvalue weighted by Gasteiger charge is 2.15. The predicted octanol–water partition coefficient (Wildman–Crippen LogP) is 2.68. The fraction of sp³-hybridized carbons (Fsp3) is 0.375. The lowest BCUT2D eigenvalue weighted by Crippen LogP contribution is -2.22. The summed E-state index contributed by atoms with van der Waals surface area (Å²) in [5.41, 5.74) is 0.631. The molecule has 1 heterocycles. The number of rotatable bonds is 7. The molecule has 0 saturated carbocycles. The molecule has 1 N–H and O–H groups in total. The van der Waals surface area contributed by atoms with Gasteiger partial charge in [0.2, 0.25) is 5.91 Å². The number of carbonyl (C=O) groups is 1. The first-order valence-corrected chi connectivity index (χ1v) is 7.70. The number of imidazole rings is 1. The van der Waals surface area contributed by atoms with Gasteiger partial charge in [-0.15, -0.1) is 0 Å². The third kappa shape index (κ3) is 4.97. The van der Waals surface area contributed by atoms with Gasteiger partial charge in [0, 0.05) is 24.6 Å². The highest BCUT2D eigenvalue weighted by molar-refractivity contribution is 6.32. The zero-order valence-corrected chi connectivity index (χ0v) is 14.2. The van der Waals surface area contributed by atoms with Crippen molar-refractivity contribution in [3.05, 3.63) is 41.9 Å². The number of amides is 1. The number of likely N-dealkylation sites (N-methyl/N-ethyl adjacent to an activating group) is 1. The van der Waals surface area contributed by atoms with Crippen molar-refractivity contribution < 1.29 is 9.53 Å². The number of hydrogen-bond acceptors (Lipinski definition) is 4. The number of carbonyl (C=O) groups excluding carboxylic acids is 1. The van der Waals surface area contributed by atoms with Crippen LogP contribution in [0.15, 0.2) is 36.9 Å². The van der Waals surface area contributed by atoms with Crippen LogP contribution in [0.1, 0.15) is 13.0 Å². The number of benzene rings is 1. The molecule has 6 nitrogen and oxygen atoms in total. The van der Waals surface area contributed by atoms with Gasteiger partial charge in [-0.2, -0.15) is 0 Å². The maximum atomic E-state index is 12.2. The van der Waals surface area contributed by atoms with Crippen LogP contribution in [0.2, 0.25) is 5.02 Å². The second-order valence-corrected chi connectivity index (χ2v) is 5.88. The van der Waals surface area contributed by atoms with Crippen molar-refractivity contribution in [2.24, 2.45) is 0 Å². The highest BCUT2D eigenvalue weighted by atomic mass is 35.5. The Morgan fingerprint density at radius 3 is 2.87 bits per heavy atom. The number of anilines is 1.